The summed E-state index contributed by atoms with van der Waals surface area (Å²) in [5, 5.41) is 3.30. The van der Waals surface area contributed by atoms with Crippen LogP contribution < -0.4 is 10.1 Å². The maximum atomic E-state index is 13.3. The van der Waals surface area contributed by atoms with E-state index in [0.29, 0.717) is 12.2 Å². The number of hydrogen-bond acceptors (Lipinski definition) is 2. The summed E-state index contributed by atoms with van der Waals surface area (Å²) in [6, 6.07) is 9.58. The Kier molecular flexibility index (Phi) is 4.78. The number of anilines is 1. The molecule has 2 nitrogen and oxygen atoms in total. The van der Waals surface area contributed by atoms with Gasteiger partial charge in [0, 0.05) is 11.7 Å². The Balaban J connectivity index is 2.15. The minimum absolute atomic E-state index is 0.128. The molecule has 0 aliphatic rings. The van der Waals surface area contributed by atoms with Crippen LogP contribution in [-0.4, -0.2) is 6.61 Å². The molecule has 0 bridgehead atoms. The number of benzene rings is 2. The highest BCUT2D eigenvalue weighted by atomic mass is 19.2. The van der Waals surface area contributed by atoms with Crippen molar-refractivity contribution in [2.75, 3.05) is 11.9 Å². The number of hydrogen-bond donors (Lipinski definition) is 1. The summed E-state index contributed by atoms with van der Waals surface area (Å²) in [4.78, 5) is 0. The van der Waals surface area contributed by atoms with Gasteiger partial charge in [0.15, 0.2) is 11.6 Å². The van der Waals surface area contributed by atoms with Gasteiger partial charge >= 0.3 is 0 Å². The van der Waals surface area contributed by atoms with Crippen LogP contribution in [0.5, 0.6) is 5.75 Å². The van der Waals surface area contributed by atoms with Gasteiger partial charge in [-0.1, -0.05) is 6.07 Å². The lowest BCUT2D eigenvalue weighted by atomic mass is 10.1. The molecule has 0 fully saturated rings. The minimum Gasteiger partial charge on any atom is -0.494 e. The van der Waals surface area contributed by atoms with Crippen molar-refractivity contribution in [1.29, 1.82) is 0 Å². The third-order valence-electron chi connectivity index (χ3n) is 3.32. The van der Waals surface area contributed by atoms with Gasteiger partial charge in [0.05, 0.1) is 6.61 Å². The summed E-state index contributed by atoms with van der Waals surface area (Å²) in [7, 11) is 0. The Labute approximate surface area is 123 Å². The fourth-order valence-corrected chi connectivity index (χ4v) is 2.15. The Hall–Kier alpha value is -2.10. The Morgan fingerprint density at radius 2 is 1.86 bits per heavy atom. The van der Waals surface area contributed by atoms with Gasteiger partial charge in [0.25, 0.3) is 0 Å². The van der Waals surface area contributed by atoms with Crippen LogP contribution in [0.2, 0.25) is 0 Å². The Morgan fingerprint density at radius 1 is 1.10 bits per heavy atom. The van der Waals surface area contributed by atoms with E-state index >= 15 is 0 Å². The van der Waals surface area contributed by atoms with Crippen molar-refractivity contribution in [3.63, 3.8) is 0 Å². The monoisotopic (exact) mass is 291 g/mol. The number of nitrogens with one attached hydrogen (secondary N) is 1. The zero-order chi connectivity index (χ0) is 15.4. The molecule has 0 aromatic heterocycles. The van der Waals surface area contributed by atoms with Gasteiger partial charge in [-0.2, -0.15) is 0 Å². The van der Waals surface area contributed by atoms with Crippen LogP contribution in [0.15, 0.2) is 36.4 Å². The van der Waals surface area contributed by atoms with Crippen LogP contribution in [0.3, 0.4) is 0 Å². The summed E-state index contributed by atoms with van der Waals surface area (Å²) >= 11 is 0. The van der Waals surface area contributed by atoms with Crippen molar-refractivity contribution in [2.24, 2.45) is 0 Å². The average molecular weight is 291 g/mol. The summed E-state index contributed by atoms with van der Waals surface area (Å²) in [6.45, 7) is 6.44. The molecule has 0 heterocycles. The predicted molar refractivity (Wildman–Crippen MR) is 80.7 cm³/mol. The second kappa shape index (κ2) is 6.57. The van der Waals surface area contributed by atoms with Crippen LogP contribution in [0.4, 0.5) is 14.5 Å². The molecule has 112 valence electrons. The quantitative estimate of drug-likeness (QED) is 0.850. The van der Waals surface area contributed by atoms with E-state index in [9.17, 15) is 8.78 Å². The van der Waals surface area contributed by atoms with Gasteiger partial charge in [0.1, 0.15) is 5.75 Å². The first kappa shape index (κ1) is 15.3. The summed E-state index contributed by atoms with van der Waals surface area (Å²) in [5.41, 5.74) is 2.67. The molecular weight excluding hydrogens is 272 g/mol. The molecule has 2 aromatic carbocycles. The van der Waals surface area contributed by atoms with Gasteiger partial charge in [0.2, 0.25) is 0 Å². The maximum absolute atomic E-state index is 13.3. The molecular formula is C17H19F2NO. The lowest BCUT2D eigenvalue weighted by Crippen LogP contribution is -2.08. The number of ether oxygens (including phenoxy) is 1. The van der Waals surface area contributed by atoms with Crippen LogP contribution in [-0.2, 0) is 0 Å². The van der Waals surface area contributed by atoms with E-state index in [-0.39, 0.29) is 6.04 Å². The SMILES string of the molecule is CCOc1ccc(NC(C)c2ccc(F)c(F)c2)c(C)c1. The molecule has 0 saturated carbocycles. The molecule has 0 spiro atoms. The van der Waals surface area contributed by atoms with E-state index in [2.05, 4.69) is 5.32 Å². The van der Waals surface area contributed by atoms with Crippen molar-refractivity contribution >= 4 is 5.69 Å². The van der Waals surface area contributed by atoms with E-state index in [1.165, 1.54) is 6.07 Å². The minimum atomic E-state index is -0.830. The van der Waals surface area contributed by atoms with E-state index in [1.807, 2.05) is 39.0 Å². The Morgan fingerprint density at radius 3 is 2.48 bits per heavy atom. The van der Waals surface area contributed by atoms with Gasteiger partial charge in [-0.25, -0.2) is 8.78 Å². The zero-order valence-electron chi connectivity index (χ0n) is 12.4. The van der Waals surface area contributed by atoms with Crippen LogP contribution in [0.1, 0.15) is 31.0 Å². The maximum Gasteiger partial charge on any atom is 0.159 e. The second-order valence-electron chi connectivity index (χ2n) is 4.95. The standard InChI is InChI=1S/C17H19F2NO/c1-4-21-14-6-8-17(11(2)9-14)20-12(3)13-5-7-15(18)16(19)10-13/h5-10,12,20H,4H2,1-3H3. The Bertz CT molecular complexity index is 628. The van der Waals surface area contributed by atoms with Crippen molar-refractivity contribution in [3.8, 4) is 5.75 Å². The second-order valence-corrected chi connectivity index (χ2v) is 4.95. The topological polar surface area (TPSA) is 21.3 Å². The lowest BCUT2D eigenvalue weighted by molar-refractivity contribution is 0.340. The molecule has 0 amide bonds. The first-order chi connectivity index (χ1) is 10.0. The van der Waals surface area contributed by atoms with Crippen molar-refractivity contribution in [2.45, 2.75) is 26.8 Å². The van der Waals surface area contributed by atoms with Gasteiger partial charge in [-0.3, -0.25) is 0 Å². The lowest BCUT2D eigenvalue weighted by Gasteiger charge is -2.18. The molecule has 4 heteroatoms. The molecule has 0 aliphatic carbocycles. The molecule has 0 saturated heterocycles. The largest absolute Gasteiger partial charge is 0.494 e. The van der Waals surface area contributed by atoms with Gasteiger partial charge in [-0.05, 0) is 62.2 Å². The van der Waals surface area contributed by atoms with Gasteiger partial charge in [-0.15, -0.1) is 0 Å². The molecule has 21 heavy (non-hydrogen) atoms. The van der Waals surface area contributed by atoms with Crippen LogP contribution >= 0.6 is 0 Å². The summed E-state index contributed by atoms with van der Waals surface area (Å²) < 4.78 is 31.7. The molecule has 2 aromatic rings. The number of aryl methyl sites for hydroxylation is 1. The first-order valence-corrected chi connectivity index (χ1v) is 6.96. The molecule has 0 aliphatic heterocycles. The summed E-state index contributed by atoms with van der Waals surface area (Å²) in [5.74, 6) is -0.839. The van der Waals surface area contributed by atoms with E-state index in [1.54, 1.807) is 6.07 Å². The smallest absolute Gasteiger partial charge is 0.159 e. The molecule has 0 radical (unpaired) electrons. The first-order valence-electron chi connectivity index (χ1n) is 6.96. The zero-order valence-corrected chi connectivity index (χ0v) is 12.4. The van der Waals surface area contributed by atoms with Crippen LogP contribution in [0.25, 0.3) is 0 Å². The third kappa shape index (κ3) is 3.72. The average Bonchev–Trinajstić information content (AvgIpc) is 2.45. The highest BCUT2D eigenvalue weighted by Gasteiger charge is 2.10. The molecule has 1 unspecified atom stereocenters. The van der Waals surface area contributed by atoms with Crippen LogP contribution in [0, 0.1) is 18.6 Å². The predicted octanol–water partition coefficient (Wildman–Crippen LogP) is 4.85. The number of rotatable bonds is 5. The fraction of sp³-hybridized carbons (Fsp3) is 0.294. The highest BCUT2D eigenvalue weighted by Crippen LogP contribution is 2.26. The van der Waals surface area contributed by atoms with Crippen molar-refractivity contribution in [1.82, 2.24) is 0 Å². The normalized spacial score (nSPS) is 12.0. The van der Waals surface area contributed by atoms with E-state index in [0.717, 1.165) is 23.1 Å². The van der Waals surface area contributed by atoms with Crippen molar-refractivity contribution < 1.29 is 13.5 Å². The third-order valence-corrected chi connectivity index (χ3v) is 3.32. The van der Waals surface area contributed by atoms with Gasteiger partial charge < -0.3 is 10.1 Å². The fourth-order valence-electron chi connectivity index (χ4n) is 2.15. The highest BCUT2D eigenvalue weighted by molar-refractivity contribution is 5.54. The molecule has 1 N–H and O–H groups in total. The number of halogens is 2. The molecule has 2 rings (SSSR count). The van der Waals surface area contributed by atoms with E-state index in [4.69, 9.17) is 4.74 Å². The van der Waals surface area contributed by atoms with Crippen molar-refractivity contribution in [3.05, 3.63) is 59.2 Å². The molecule has 1 atom stereocenters. The summed E-state index contributed by atoms with van der Waals surface area (Å²) in [6.07, 6.45) is 0. The van der Waals surface area contributed by atoms with E-state index < -0.39 is 11.6 Å².